The van der Waals surface area contributed by atoms with Gasteiger partial charge in [-0.3, -0.25) is 0 Å². The summed E-state index contributed by atoms with van der Waals surface area (Å²) in [6.45, 7) is 4.01. The van der Waals surface area contributed by atoms with Gasteiger partial charge in [0, 0.05) is 0 Å². The van der Waals surface area contributed by atoms with E-state index in [1.165, 1.54) is 11.5 Å². The molecule has 1 rings (SSSR count). The Morgan fingerprint density at radius 3 is 2.00 bits per heavy atom. The van der Waals surface area contributed by atoms with Gasteiger partial charge in [-0.1, -0.05) is 20.3 Å². The number of nitrogens with zero attached hydrogens (tertiary/aromatic N) is 1. The number of rotatable bonds is 0. The van der Waals surface area contributed by atoms with Crippen molar-refractivity contribution in [2.24, 2.45) is 0 Å². The summed E-state index contributed by atoms with van der Waals surface area (Å²) >= 11 is 0. The van der Waals surface area contributed by atoms with E-state index in [4.69, 9.17) is 0 Å². The van der Waals surface area contributed by atoms with Crippen LogP contribution in [0.4, 0.5) is 0 Å². The van der Waals surface area contributed by atoms with Crippen LogP contribution >= 0.6 is 0 Å². The Hall–Kier alpha value is -0.0800. The lowest BCUT2D eigenvalue weighted by Gasteiger charge is -2.44. The molecule has 1 aliphatic rings. The molecule has 1 fully saturated rings. The smallest absolute Gasteiger partial charge is 0.00531 e. The SMILES string of the molecule is CC1CCCC(C)N1[O-]. The van der Waals surface area contributed by atoms with Crippen LogP contribution in [0.2, 0.25) is 0 Å². The van der Waals surface area contributed by atoms with E-state index in [-0.39, 0.29) is 12.1 Å². The zero-order valence-corrected chi connectivity index (χ0v) is 6.13. The highest BCUT2D eigenvalue weighted by molar-refractivity contribution is 4.79. The van der Waals surface area contributed by atoms with Crippen molar-refractivity contribution >= 4 is 0 Å². The second-order valence-corrected chi connectivity index (χ2v) is 2.99. The standard InChI is InChI=1S/C7H14NO/c1-6-4-3-5-7(2)8(6)9/h6-7H,3-5H2,1-2H3/q-1. The van der Waals surface area contributed by atoms with Crippen molar-refractivity contribution in [2.75, 3.05) is 0 Å². The monoisotopic (exact) mass is 128 g/mol. The molecule has 2 atom stereocenters. The number of piperidine rings is 1. The summed E-state index contributed by atoms with van der Waals surface area (Å²) < 4.78 is 0. The van der Waals surface area contributed by atoms with Gasteiger partial charge in [-0.05, 0) is 24.9 Å². The highest BCUT2D eigenvalue weighted by Gasteiger charge is 2.15. The molecule has 2 heteroatoms. The van der Waals surface area contributed by atoms with Gasteiger partial charge in [-0.25, -0.2) is 0 Å². The Balaban J connectivity index is 2.41. The predicted molar refractivity (Wildman–Crippen MR) is 38.0 cm³/mol. The maximum atomic E-state index is 11.0. The first-order valence-electron chi connectivity index (χ1n) is 3.67. The molecule has 0 saturated carbocycles. The van der Waals surface area contributed by atoms with Crippen molar-refractivity contribution in [3.05, 3.63) is 5.21 Å². The molecule has 54 valence electrons. The maximum absolute atomic E-state index is 11.0. The second-order valence-electron chi connectivity index (χ2n) is 2.99. The summed E-state index contributed by atoms with van der Waals surface area (Å²) in [5.41, 5.74) is 0. The molecule has 0 spiro atoms. The number of hydrogen-bond donors (Lipinski definition) is 0. The van der Waals surface area contributed by atoms with E-state index in [1.54, 1.807) is 0 Å². The lowest BCUT2D eigenvalue weighted by Crippen LogP contribution is -2.38. The Bertz CT molecular complexity index is 84.9. The molecule has 0 aromatic rings. The molecular formula is C7H14NO-. The van der Waals surface area contributed by atoms with E-state index >= 15 is 0 Å². The topological polar surface area (TPSA) is 26.3 Å². The van der Waals surface area contributed by atoms with Gasteiger partial charge in [-0.15, -0.1) is 0 Å². The van der Waals surface area contributed by atoms with Crippen LogP contribution in [0.15, 0.2) is 0 Å². The third kappa shape index (κ3) is 1.43. The predicted octanol–water partition coefficient (Wildman–Crippen LogP) is 1.75. The van der Waals surface area contributed by atoms with Crippen molar-refractivity contribution in [2.45, 2.75) is 45.2 Å². The van der Waals surface area contributed by atoms with Gasteiger partial charge in [0.05, 0.1) is 0 Å². The van der Waals surface area contributed by atoms with Crippen molar-refractivity contribution in [3.63, 3.8) is 0 Å². The van der Waals surface area contributed by atoms with Gasteiger partial charge in [-0.2, -0.15) is 0 Å². The summed E-state index contributed by atoms with van der Waals surface area (Å²) in [5.74, 6) is 0. The fourth-order valence-electron chi connectivity index (χ4n) is 1.40. The van der Waals surface area contributed by atoms with Gasteiger partial charge in [0.15, 0.2) is 0 Å². The molecule has 0 aromatic heterocycles. The number of hydroxylamine groups is 2. The zero-order valence-electron chi connectivity index (χ0n) is 6.13. The van der Waals surface area contributed by atoms with E-state index in [2.05, 4.69) is 0 Å². The third-order valence-electron chi connectivity index (χ3n) is 2.11. The van der Waals surface area contributed by atoms with Gasteiger partial charge in [0.1, 0.15) is 0 Å². The van der Waals surface area contributed by atoms with Crippen LogP contribution < -0.4 is 0 Å². The molecule has 2 unspecified atom stereocenters. The van der Waals surface area contributed by atoms with Gasteiger partial charge in [0.2, 0.25) is 0 Å². The maximum Gasteiger partial charge on any atom is -0.00531 e. The minimum Gasteiger partial charge on any atom is -0.785 e. The molecule has 9 heavy (non-hydrogen) atoms. The Kier molecular flexibility index (Phi) is 2.09. The molecule has 2 nitrogen and oxygen atoms in total. The molecule has 0 aliphatic carbocycles. The average Bonchev–Trinajstić information content (AvgIpc) is 1.83. The van der Waals surface area contributed by atoms with Crippen LogP contribution in [0.1, 0.15) is 33.1 Å². The van der Waals surface area contributed by atoms with Crippen LogP contribution in [0, 0.1) is 5.21 Å². The highest BCUT2D eigenvalue weighted by Crippen LogP contribution is 2.20. The zero-order chi connectivity index (χ0) is 6.85. The minimum atomic E-state index is 0.258. The van der Waals surface area contributed by atoms with Crippen LogP contribution in [-0.2, 0) is 0 Å². The first kappa shape index (κ1) is 7.03. The second kappa shape index (κ2) is 2.67. The molecule has 1 saturated heterocycles. The van der Waals surface area contributed by atoms with Gasteiger partial charge < -0.3 is 10.3 Å². The molecule has 0 bridgehead atoms. The first-order valence-corrected chi connectivity index (χ1v) is 3.67. The van der Waals surface area contributed by atoms with Crippen LogP contribution in [-0.4, -0.2) is 17.1 Å². The Labute approximate surface area is 56.4 Å². The molecule has 0 N–H and O–H groups in total. The molecule has 0 amide bonds. The van der Waals surface area contributed by atoms with Gasteiger partial charge >= 0.3 is 0 Å². The Morgan fingerprint density at radius 2 is 1.67 bits per heavy atom. The fourth-order valence-corrected chi connectivity index (χ4v) is 1.40. The summed E-state index contributed by atoms with van der Waals surface area (Å²) in [6.07, 6.45) is 3.38. The fraction of sp³-hybridized carbons (Fsp3) is 1.00. The normalized spacial score (nSPS) is 39.0. The average molecular weight is 128 g/mol. The van der Waals surface area contributed by atoms with E-state index < -0.39 is 0 Å². The first-order chi connectivity index (χ1) is 4.22. The summed E-state index contributed by atoms with van der Waals surface area (Å²) in [6, 6.07) is 0.516. The van der Waals surface area contributed by atoms with Crippen LogP contribution in [0.3, 0.4) is 0 Å². The lowest BCUT2D eigenvalue weighted by molar-refractivity contribution is 0.165. The van der Waals surface area contributed by atoms with Crippen LogP contribution in [0.5, 0.6) is 0 Å². The van der Waals surface area contributed by atoms with E-state index in [0.29, 0.717) is 0 Å². The largest absolute Gasteiger partial charge is 0.785 e. The molecule has 1 heterocycles. The quantitative estimate of drug-likeness (QED) is 0.496. The third-order valence-corrected chi connectivity index (χ3v) is 2.11. The van der Waals surface area contributed by atoms with Crippen molar-refractivity contribution < 1.29 is 0 Å². The van der Waals surface area contributed by atoms with Crippen molar-refractivity contribution in [1.82, 2.24) is 5.06 Å². The van der Waals surface area contributed by atoms with E-state index in [9.17, 15) is 5.21 Å². The van der Waals surface area contributed by atoms with Gasteiger partial charge in [0.25, 0.3) is 0 Å². The molecular weight excluding hydrogens is 114 g/mol. The highest BCUT2D eigenvalue weighted by atomic mass is 16.5. The van der Waals surface area contributed by atoms with Crippen molar-refractivity contribution in [1.29, 1.82) is 0 Å². The molecule has 0 aromatic carbocycles. The number of hydrogen-bond acceptors (Lipinski definition) is 2. The molecule has 0 radical (unpaired) electrons. The van der Waals surface area contributed by atoms with Crippen molar-refractivity contribution in [3.8, 4) is 0 Å². The lowest BCUT2D eigenvalue weighted by atomic mass is 10.0. The van der Waals surface area contributed by atoms with E-state index in [1.807, 2.05) is 13.8 Å². The molecule has 1 aliphatic heterocycles. The minimum absolute atomic E-state index is 0.258. The van der Waals surface area contributed by atoms with Crippen LogP contribution in [0.25, 0.3) is 0 Å². The summed E-state index contributed by atoms with van der Waals surface area (Å²) in [5, 5.41) is 12.3. The summed E-state index contributed by atoms with van der Waals surface area (Å²) in [4.78, 5) is 0. The van der Waals surface area contributed by atoms with E-state index in [0.717, 1.165) is 12.8 Å². The summed E-state index contributed by atoms with van der Waals surface area (Å²) in [7, 11) is 0. The Morgan fingerprint density at radius 1 is 1.22 bits per heavy atom.